The van der Waals surface area contributed by atoms with Crippen LogP contribution in [0.5, 0.6) is 0 Å². The number of benzene rings is 2. The summed E-state index contributed by atoms with van der Waals surface area (Å²) in [6.45, 7) is 2.75. The van der Waals surface area contributed by atoms with Gasteiger partial charge < -0.3 is 9.97 Å². The number of fused-ring (bicyclic) bond motifs is 2. The molecule has 7 nitrogen and oxygen atoms in total. The standard InChI is InChI=1S/C23H23FN4O3S/c1-32(30,31)28-10-8-27(9-11-28)14-15-6-7-20-17(12-15)21(24)22(25-20)18-13-16-4-2-3-5-19(16)26-23(18)29/h2-7,12-13,25H,8-11,14H2,1H3,(H,26,29). The number of nitrogens with one attached hydrogen (secondary N) is 2. The molecule has 0 saturated carbocycles. The van der Waals surface area contributed by atoms with Crippen molar-refractivity contribution < 1.29 is 12.8 Å². The third-order valence-electron chi connectivity index (χ3n) is 6.03. The number of rotatable bonds is 4. The van der Waals surface area contributed by atoms with Crippen LogP contribution in [0, 0.1) is 5.82 Å². The van der Waals surface area contributed by atoms with Gasteiger partial charge in [0.15, 0.2) is 5.82 Å². The van der Waals surface area contributed by atoms with Crippen LogP contribution in [0.2, 0.25) is 0 Å². The van der Waals surface area contributed by atoms with E-state index in [0.29, 0.717) is 49.1 Å². The number of hydrogen-bond acceptors (Lipinski definition) is 4. The number of aromatic nitrogens is 2. The number of piperazine rings is 1. The Balaban J connectivity index is 1.43. The summed E-state index contributed by atoms with van der Waals surface area (Å²) in [6, 6.07) is 14.6. The van der Waals surface area contributed by atoms with Crippen LogP contribution >= 0.6 is 0 Å². The molecular formula is C23H23FN4O3S. The van der Waals surface area contributed by atoms with Crippen molar-refractivity contribution in [3.63, 3.8) is 0 Å². The van der Waals surface area contributed by atoms with E-state index in [4.69, 9.17) is 0 Å². The van der Waals surface area contributed by atoms with E-state index in [1.165, 1.54) is 10.6 Å². The summed E-state index contributed by atoms with van der Waals surface area (Å²) in [5.74, 6) is -0.454. The van der Waals surface area contributed by atoms with Crippen molar-refractivity contribution in [3.8, 4) is 11.3 Å². The summed E-state index contributed by atoms with van der Waals surface area (Å²) >= 11 is 0. The van der Waals surface area contributed by atoms with E-state index in [1.54, 1.807) is 12.1 Å². The van der Waals surface area contributed by atoms with Crippen LogP contribution in [0.25, 0.3) is 33.1 Å². The minimum atomic E-state index is -3.17. The van der Waals surface area contributed by atoms with Gasteiger partial charge in [-0.3, -0.25) is 9.69 Å². The molecular weight excluding hydrogens is 431 g/mol. The molecule has 0 amide bonds. The van der Waals surface area contributed by atoms with Crippen molar-refractivity contribution in [3.05, 3.63) is 70.3 Å². The number of halogens is 1. The molecule has 2 aromatic carbocycles. The first-order valence-corrected chi connectivity index (χ1v) is 12.2. The monoisotopic (exact) mass is 454 g/mol. The first-order valence-electron chi connectivity index (χ1n) is 10.4. The van der Waals surface area contributed by atoms with Gasteiger partial charge in [-0.25, -0.2) is 12.8 Å². The highest BCUT2D eigenvalue weighted by Crippen LogP contribution is 2.29. The first-order chi connectivity index (χ1) is 15.3. The van der Waals surface area contributed by atoms with Crippen molar-refractivity contribution >= 4 is 31.8 Å². The fraction of sp³-hybridized carbons (Fsp3) is 0.261. The van der Waals surface area contributed by atoms with Crippen LogP contribution in [0.4, 0.5) is 4.39 Å². The smallest absolute Gasteiger partial charge is 0.257 e. The first kappa shape index (κ1) is 20.9. The van der Waals surface area contributed by atoms with Crippen LogP contribution in [0.3, 0.4) is 0 Å². The third-order valence-corrected chi connectivity index (χ3v) is 7.33. The van der Waals surface area contributed by atoms with Gasteiger partial charge in [0, 0.05) is 49.1 Å². The van der Waals surface area contributed by atoms with Crippen molar-refractivity contribution in [2.75, 3.05) is 32.4 Å². The van der Waals surface area contributed by atoms with Crippen molar-refractivity contribution in [1.29, 1.82) is 0 Å². The molecule has 0 radical (unpaired) electrons. The van der Waals surface area contributed by atoms with Crippen molar-refractivity contribution in [2.45, 2.75) is 6.54 Å². The van der Waals surface area contributed by atoms with Crippen LogP contribution < -0.4 is 5.56 Å². The summed E-state index contributed by atoms with van der Waals surface area (Å²) in [5.41, 5.74) is 2.34. The highest BCUT2D eigenvalue weighted by Gasteiger charge is 2.23. The van der Waals surface area contributed by atoms with Gasteiger partial charge in [0.25, 0.3) is 5.56 Å². The topological polar surface area (TPSA) is 89.3 Å². The molecule has 1 saturated heterocycles. The Morgan fingerprint density at radius 3 is 2.47 bits per heavy atom. The summed E-state index contributed by atoms with van der Waals surface area (Å²) in [7, 11) is -3.17. The molecule has 0 bridgehead atoms. The lowest BCUT2D eigenvalue weighted by Crippen LogP contribution is -2.47. The molecule has 166 valence electrons. The highest BCUT2D eigenvalue weighted by atomic mass is 32.2. The van der Waals surface area contributed by atoms with Gasteiger partial charge in [0.05, 0.1) is 17.5 Å². The molecule has 4 aromatic rings. The normalized spacial score (nSPS) is 16.2. The zero-order chi connectivity index (χ0) is 22.5. The Bertz CT molecular complexity index is 1480. The lowest BCUT2D eigenvalue weighted by atomic mass is 10.1. The molecule has 9 heteroatoms. The van der Waals surface area contributed by atoms with Crippen LogP contribution in [-0.4, -0.2) is 60.0 Å². The van der Waals surface area contributed by atoms with E-state index in [-0.39, 0.29) is 16.8 Å². The quantitative estimate of drug-likeness (QED) is 0.496. The predicted molar refractivity (Wildman–Crippen MR) is 124 cm³/mol. The van der Waals surface area contributed by atoms with Gasteiger partial charge in [-0.05, 0) is 35.2 Å². The Labute approximate surface area is 184 Å². The fourth-order valence-electron chi connectivity index (χ4n) is 4.30. The Morgan fingerprint density at radius 1 is 0.969 bits per heavy atom. The number of sulfonamides is 1. The number of para-hydroxylation sites is 1. The number of aromatic amines is 2. The molecule has 0 atom stereocenters. The van der Waals surface area contributed by atoms with Gasteiger partial charge in [-0.15, -0.1) is 0 Å². The summed E-state index contributed by atoms with van der Waals surface area (Å²) in [6.07, 6.45) is 1.23. The van der Waals surface area contributed by atoms with Gasteiger partial charge >= 0.3 is 0 Å². The van der Waals surface area contributed by atoms with Crippen molar-refractivity contribution in [2.24, 2.45) is 0 Å². The van der Waals surface area contributed by atoms with E-state index in [1.807, 2.05) is 36.4 Å². The van der Waals surface area contributed by atoms with Gasteiger partial charge in [0.1, 0.15) is 0 Å². The van der Waals surface area contributed by atoms with Gasteiger partial charge in [0.2, 0.25) is 10.0 Å². The molecule has 5 rings (SSSR count). The number of H-pyrrole nitrogens is 2. The SMILES string of the molecule is CS(=O)(=O)N1CCN(Cc2ccc3[nH]c(-c4cc5ccccc5[nH]c4=O)c(F)c3c2)CC1. The van der Waals surface area contributed by atoms with Crippen LogP contribution in [-0.2, 0) is 16.6 Å². The second kappa shape index (κ2) is 7.84. The van der Waals surface area contributed by atoms with Crippen LogP contribution in [0.1, 0.15) is 5.56 Å². The molecule has 2 N–H and O–H groups in total. The van der Waals surface area contributed by atoms with Gasteiger partial charge in [-0.1, -0.05) is 24.3 Å². The molecule has 1 aliphatic heterocycles. The molecule has 0 aliphatic carbocycles. The Hall–Kier alpha value is -3.01. The highest BCUT2D eigenvalue weighted by molar-refractivity contribution is 7.88. The van der Waals surface area contributed by atoms with Gasteiger partial charge in [-0.2, -0.15) is 4.31 Å². The zero-order valence-corrected chi connectivity index (χ0v) is 18.4. The minimum absolute atomic E-state index is 0.172. The predicted octanol–water partition coefficient (Wildman–Crippen LogP) is 2.89. The maximum Gasteiger partial charge on any atom is 0.257 e. The molecule has 32 heavy (non-hydrogen) atoms. The molecule has 0 spiro atoms. The minimum Gasteiger partial charge on any atom is -0.352 e. The Kier molecular flexibility index (Phi) is 5.11. The van der Waals surface area contributed by atoms with E-state index in [2.05, 4.69) is 14.9 Å². The molecule has 2 aromatic heterocycles. The molecule has 0 unspecified atom stereocenters. The maximum absolute atomic E-state index is 15.4. The average Bonchev–Trinajstić information content (AvgIpc) is 3.09. The van der Waals surface area contributed by atoms with E-state index < -0.39 is 15.8 Å². The second-order valence-corrected chi connectivity index (χ2v) is 10.2. The van der Waals surface area contributed by atoms with E-state index in [0.717, 1.165) is 10.9 Å². The summed E-state index contributed by atoms with van der Waals surface area (Å²) < 4.78 is 40.2. The third kappa shape index (κ3) is 3.83. The van der Waals surface area contributed by atoms with E-state index in [9.17, 15) is 13.2 Å². The second-order valence-electron chi connectivity index (χ2n) is 8.23. The summed E-state index contributed by atoms with van der Waals surface area (Å²) in [5, 5.41) is 1.26. The fourth-order valence-corrected chi connectivity index (χ4v) is 5.13. The Morgan fingerprint density at radius 2 is 1.72 bits per heavy atom. The lowest BCUT2D eigenvalue weighted by Gasteiger charge is -2.33. The molecule has 1 aliphatic rings. The van der Waals surface area contributed by atoms with Crippen molar-refractivity contribution in [1.82, 2.24) is 19.2 Å². The molecule has 1 fully saturated rings. The summed E-state index contributed by atoms with van der Waals surface area (Å²) in [4.78, 5) is 20.6. The number of nitrogens with zero attached hydrogens (tertiary/aromatic N) is 2. The number of pyridine rings is 1. The zero-order valence-electron chi connectivity index (χ0n) is 17.6. The largest absolute Gasteiger partial charge is 0.352 e. The lowest BCUT2D eigenvalue weighted by molar-refractivity contribution is 0.182. The van der Waals surface area contributed by atoms with E-state index >= 15 is 4.39 Å². The molecule has 3 heterocycles. The average molecular weight is 455 g/mol. The number of hydrogen-bond donors (Lipinski definition) is 2. The van der Waals surface area contributed by atoms with Crippen LogP contribution in [0.15, 0.2) is 53.3 Å². The maximum atomic E-state index is 15.4.